The summed E-state index contributed by atoms with van der Waals surface area (Å²) in [7, 11) is 0. The number of carbonyl (C=O) groups excluding carboxylic acids is 1. The molecule has 0 saturated carbocycles. The lowest BCUT2D eigenvalue weighted by Crippen LogP contribution is -2.28. The first kappa shape index (κ1) is 23.2. The molecule has 0 spiro atoms. The molecule has 0 aliphatic heterocycles. The second kappa shape index (κ2) is 10.7. The van der Waals surface area contributed by atoms with Crippen molar-refractivity contribution in [3.05, 3.63) is 107 Å². The topological polar surface area (TPSA) is 35.5 Å². The summed E-state index contributed by atoms with van der Waals surface area (Å²) < 4.78 is 40.5. The van der Waals surface area contributed by atoms with Gasteiger partial charge in [0.25, 0.3) is 0 Å². The molecule has 5 heteroatoms. The lowest BCUT2D eigenvalue weighted by molar-refractivity contribution is -0.150. The average Bonchev–Trinajstić information content (AvgIpc) is 2.79. The first-order valence-electron chi connectivity index (χ1n) is 10.5. The van der Waals surface area contributed by atoms with Gasteiger partial charge < -0.3 is 9.47 Å². The van der Waals surface area contributed by atoms with Crippen LogP contribution in [0.1, 0.15) is 30.5 Å². The zero-order valence-electron chi connectivity index (χ0n) is 18.3. The van der Waals surface area contributed by atoms with Crippen LogP contribution in [0.5, 0.6) is 5.75 Å². The van der Waals surface area contributed by atoms with Crippen LogP contribution in [-0.4, -0.2) is 5.97 Å². The van der Waals surface area contributed by atoms with Gasteiger partial charge in [0.05, 0.1) is 0 Å². The molecule has 3 rings (SSSR count). The quantitative estimate of drug-likeness (QED) is 0.286. The third-order valence-electron chi connectivity index (χ3n) is 4.99. The number of hydrogen-bond acceptors (Lipinski definition) is 3. The fourth-order valence-electron chi connectivity index (χ4n) is 3.22. The van der Waals surface area contributed by atoms with Gasteiger partial charge in [0.1, 0.15) is 24.1 Å². The molecule has 0 fully saturated rings. The van der Waals surface area contributed by atoms with Crippen LogP contribution in [-0.2, 0) is 16.1 Å². The standard InChI is InChI=1S/C27H26F2O3/c1-18(2)24(27(30)31-17-20-7-5-4-6-8-20)26(32-23-15-9-19(3)10-16-23)25(29)21-11-13-22(28)14-12-21/h4-16,18,24H,17H2,1-3H3. The maximum absolute atomic E-state index is 15.7. The van der Waals surface area contributed by atoms with Gasteiger partial charge in [-0.3, -0.25) is 4.79 Å². The van der Waals surface area contributed by atoms with Crippen molar-refractivity contribution in [2.75, 3.05) is 0 Å². The van der Waals surface area contributed by atoms with E-state index < -0.39 is 23.5 Å². The summed E-state index contributed by atoms with van der Waals surface area (Å²) in [6.45, 7) is 5.59. The van der Waals surface area contributed by atoms with Crippen LogP contribution in [0.15, 0.2) is 84.6 Å². The van der Waals surface area contributed by atoms with Crippen molar-refractivity contribution in [2.24, 2.45) is 11.8 Å². The monoisotopic (exact) mass is 436 g/mol. The number of aryl methyl sites for hydroxylation is 1. The van der Waals surface area contributed by atoms with Crippen LogP contribution in [0.4, 0.5) is 8.78 Å². The van der Waals surface area contributed by atoms with Gasteiger partial charge in [-0.15, -0.1) is 0 Å². The SMILES string of the molecule is Cc1ccc(OC(=C(F)c2ccc(F)cc2)C(C(=O)OCc2ccccc2)C(C)C)cc1. The van der Waals surface area contributed by atoms with E-state index in [1.807, 2.05) is 49.4 Å². The van der Waals surface area contributed by atoms with Crippen molar-refractivity contribution in [1.29, 1.82) is 0 Å². The van der Waals surface area contributed by atoms with Crippen LogP contribution in [0.3, 0.4) is 0 Å². The number of ether oxygens (including phenoxy) is 2. The molecular weight excluding hydrogens is 410 g/mol. The zero-order chi connectivity index (χ0) is 23.1. The molecule has 0 N–H and O–H groups in total. The van der Waals surface area contributed by atoms with Gasteiger partial charge in [0.15, 0.2) is 11.6 Å². The van der Waals surface area contributed by atoms with Gasteiger partial charge in [-0.1, -0.05) is 61.9 Å². The second-order valence-electron chi connectivity index (χ2n) is 7.92. The molecule has 1 unspecified atom stereocenters. The summed E-state index contributed by atoms with van der Waals surface area (Å²) in [5.74, 6) is -2.89. The summed E-state index contributed by atoms with van der Waals surface area (Å²) in [5, 5.41) is 0. The molecule has 3 aromatic rings. The van der Waals surface area contributed by atoms with Crippen molar-refractivity contribution in [3.63, 3.8) is 0 Å². The molecule has 0 amide bonds. The summed E-state index contributed by atoms with van der Waals surface area (Å²) in [5.41, 5.74) is 1.96. The van der Waals surface area contributed by atoms with Crippen molar-refractivity contribution < 1.29 is 23.0 Å². The Morgan fingerprint density at radius 1 is 0.906 bits per heavy atom. The van der Waals surface area contributed by atoms with Gasteiger partial charge in [-0.2, -0.15) is 0 Å². The minimum absolute atomic E-state index is 0.0683. The number of carbonyl (C=O) groups is 1. The first-order chi connectivity index (χ1) is 15.3. The number of halogens is 2. The van der Waals surface area contributed by atoms with Crippen LogP contribution >= 0.6 is 0 Å². The Labute approximate surface area is 187 Å². The zero-order valence-corrected chi connectivity index (χ0v) is 18.3. The lowest BCUT2D eigenvalue weighted by atomic mass is 9.92. The lowest BCUT2D eigenvalue weighted by Gasteiger charge is -2.23. The van der Waals surface area contributed by atoms with E-state index in [4.69, 9.17) is 9.47 Å². The van der Waals surface area contributed by atoms with E-state index in [-0.39, 0.29) is 23.8 Å². The first-order valence-corrected chi connectivity index (χ1v) is 10.5. The number of benzene rings is 3. The van der Waals surface area contributed by atoms with Crippen LogP contribution < -0.4 is 4.74 Å². The highest BCUT2D eigenvalue weighted by molar-refractivity contribution is 5.79. The molecule has 0 aromatic heterocycles. The van der Waals surface area contributed by atoms with Gasteiger partial charge in [-0.05, 0) is 54.8 Å². The minimum Gasteiger partial charge on any atom is -0.460 e. The Morgan fingerprint density at radius 3 is 2.12 bits per heavy atom. The van der Waals surface area contributed by atoms with Crippen LogP contribution in [0, 0.1) is 24.6 Å². The average molecular weight is 436 g/mol. The Kier molecular flexibility index (Phi) is 7.77. The third kappa shape index (κ3) is 6.03. The largest absolute Gasteiger partial charge is 0.460 e. The second-order valence-corrected chi connectivity index (χ2v) is 7.92. The molecule has 0 aliphatic rings. The van der Waals surface area contributed by atoms with E-state index in [0.717, 1.165) is 23.3 Å². The Bertz CT molecular complexity index is 1060. The molecule has 0 radical (unpaired) electrons. The van der Waals surface area contributed by atoms with E-state index in [1.54, 1.807) is 26.0 Å². The smallest absolute Gasteiger partial charge is 0.317 e. The fourth-order valence-corrected chi connectivity index (χ4v) is 3.22. The summed E-state index contributed by atoms with van der Waals surface area (Å²) >= 11 is 0. The van der Waals surface area contributed by atoms with Crippen molar-refractivity contribution >= 4 is 11.8 Å². The van der Waals surface area contributed by atoms with Crippen molar-refractivity contribution in [1.82, 2.24) is 0 Å². The molecule has 0 saturated heterocycles. The minimum atomic E-state index is -0.995. The number of hydrogen-bond donors (Lipinski definition) is 0. The molecule has 32 heavy (non-hydrogen) atoms. The van der Waals surface area contributed by atoms with E-state index in [2.05, 4.69) is 0 Å². The molecule has 3 aromatic carbocycles. The maximum atomic E-state index is 15.7. The highest BCUT2D eigenvalue weighted by atomic mass is 19.1. The maximum Gasteiger partial charge on any atom is 0.317 e. The van der Waals surface area contributed by atoms with Gasteiger partial charge in [0.2, 0.25) is 0 Å². The highest BCUT2D eigenvalue weighted by Crippen LogP contribution is 2.33. The molecule has 0 bridgehead atoms. The van der Waals surface area contributed by atoms with E-state index in [0.29, 0.717) is 5.75 Å². The molecule has 0 aliphatic carbocycles. The summed E-state index contributed by atoms with van der Waals surface area (Å²) in [6, 6.07) is 21.3. The summed E-state index contributed by atoms with van der Waals surface area (Å²) in [6.07, 6.45) is 0. The highest BCUT2D eigenvalue weighted by Gasteiger charge is 2.33. The number of esters is 1. The van der Waals surface area contributed by atoms with Gasteiger partial charge in [-0.25, -0.2) is 8.78 Å². The molecule has 1 atom stereocenters. The molecule has 0 heterocycles. The predicted octanol–water partition coefficient (Wildman–Crippen LogP) is 6.87. The van der Waals surface area contributed by atoms with Crippen molar-refractivity contribution in [3.8, 4) is 5.75 Å². The normalized spacial score (nSPS) is 12.8. The van der Waals surface area contributed by atoms with E-state index >= 15 is 4.39 Å². The van der Waals surface area contributed by atoms with E-state index in [1.165, 1.54) is 12.1 Å². The Hall–Kier alpha value is -3.47. The predicted molar refractivity (Wildman–Crippen MR) is 121 cm³/mol. The number of rotatable bonds is 8. The van der Waals surface area contributed by atoms with E-state index in [9.17, 15) is 9.18 Å². The van der Waals surface area contributed by atoms with Crippen LogP contribution in [0.2, 0.25) is 0 Å². The van der Waals surface area contributed by atoms with Gasteiger partial charge >= 0.3 is 5.97 Å². The van der Waals surface area contributed by atoms with Crippen molar-refractivity contribution in [2.45, 2.75) is 27.4 Å². The summed E-state index contributed by atoms with van der Waals surface area (Å²) in [4.78, 5) is 13.1. The molecule has 166 valence electrons. The van der Waals surface area contributed by atoms with Gasteiger partial charge in [0, 0.05) is 5.56 Å². The third-order valence-corrected chi connectivity index (χ3v) is 4.99. The van der Waals surface area contributed by atoms with Crippen LogP contribution in [0.25, 0.3) is 5.83 Å². The fraction of sp³-hybridized carbons (Fsp3) is 0.222. The Morgan fingerprint density at radius 2 is 1.53 bits per heavy atom. The molecular formula is C27H26F2O3. The molecule has 3 nitrogen and oxygen atoms in total. The Balaban J connectivity index is 1.97.